The summed E-state index contributed by atoms with van der Waals surface area (Å²) in [5.41, 5.74) is 5.52. The van der Waals surface area contributed by atoms with E-state index in [1.807, 2.05) is 59.5 Å². The molecule has 0 saturated carbocycles. The summed E-state index contributed by atoms with van der Waals surface area (Å²) in [5.74, 6) is 0.523. The molecule has 5 nitrogen and oxygen atoms in total. The van der Waals surface area contributed by atoms with Crippen molar-refractivity contribution in [3.63, 3.8) is 0 Å². The molecule has 180 valence electrons. The first kappa shape index (κ1) is 24.5. The lowest BCUT2D eigenvalue weighted by Gasteiger charge is -2.28. The molecule has 0 N–H and O–H groups in total. The van der Waals surface area contributed by atoms with E-state index in [9.17, 15) is 4.79 Å². The van der Waals surface area contributed by atoms with Crippen LogP contribution < -0.4 is 0 Å². The van der Waals surface area contributed by atoms with E-state index in [1.165, 1.54) is 11.3 Å². The molecular weight excluding hydrogens is 444 g/mol. The lowest BCUT2D eigenvalue weighted by Crippen LogP contribution is -2.36. The Kier molecular flexibility index (Phi) is 8.07. The van der Waals surface area contributed by atoms with E-state index in [0.29, 0.717) is 30.5 Å². The van der Waals surface area contributed by atoms with Crippen LogP contribution in [0.2, 0.25) is 5.02 Å². The number of benzene rings is 2. The third-order valence-electron chi connectivity index (χ3n) is 6.29. The maximum atomic E-state index is 13.4. The van der Waals surface area contributed by atoms with Crippen LogP contribution in [0.3, 0.4) is 0 Å². The Morgan fingerprint density at radius 1 is 1.15 bits per heavy atom. The van der Waals surface area contributed by atoms with E-state index < -0.39 is 0 Å². The second-order valence-electron chi connectivity index (χ2n) is 9.62. The Hall–Kier alpha value is -2.63. The van der Waals surface area contributed by atoms with Crippen molar-refractivity contribution < 1.29 is 4.79 Å². The summed E-state index contributed by atoms with van der Waals surface area (Å²) in [4.78, 5) is 17.9. The molecule has 0 bridgehead atoms. The second-order valence-corrected chi connectivity index (χ2v) is 10.1. The Balaban J connectivity index is 1.67. The summed E-state index contributed by atoms with van der Waals surface area (Å²) >= 11 is 6.31. The van der Waals surface area contributed by atoms with Crippen LogP contribution in [0.15, 0.2) is 54.6 Å². The van der Waals surface area contributed by atoms with Gasteiger partial charge in [-0.3, -0.25) is 9.69 Å². The summed E-state index contributed by atoms with van der Waals surface area (Å²) in [5, 5.41) is 5.77. The van der Waals surface area contributed by atoms with Crippen molar-refractivity contribution in [1.82, 2.24) is 19.6 Å². The highest BCUT2D eigenvalue weighted by molar-refractivity contribution is 6.30. The van der Waals surface area contributed by atoms with E-state index >= 15 is 0 Å². The maximum absolute atomic E-state index is 13.4. The summed E-state index contributed by atoms with van der Waals surface area (Å²) in [6.07, 6.45) is 2.48. The molecule has 4 rings (SSSR count). The predicted molar refractivity (Wildman–Crippen MR) is 138 cm³/mol. The van der Waals surface area contributed by atoms with Crippen molar-refractivity contribution in [2.24, 2.45) is 5.92 Å². The molecule has 0 radical (unpaired) electrons. The first-order chi connectivity index (χ1) is 16.4. The average molecular weight is 479 g/mol. The number of fused-ring (bicyclic) bond motifs is 1. The van der Waals surface area contributed by atoms with E-state index in [0.717, 1.165) is 49.4 Å². The second kappa shape index (κ2) is 11.2. The van der Waals surface area contributed by atoms with Crippen LogP contribution in [-0.4, -0.2) is 45.1 Å². The van der Waals surface area contributed by atoms with Gasteiger partial charge in [0.05, 0.1) is 30.0 Å². The third-order valence-corrected chi connectivity index (χ3v) is 6.52. The molecule has 0 saturated heterocycles. The van der Waals surface area contributed by atoms with Crippen LogP contribution >= 0.6 is 11.6 Å². The van der Waals surface area contributed by atoms with Gasteiger partial charge in [-0.15, -0.1) is 0 Å². The molecule has 0 fully saturated rings. The van der Waals surface area contributed by atoms with Crippen molar-refractivity contribution in [1.29, 1.82) is 0 Å². The van der Waals surface area contributed by atoms with E-state index in [-0.39, 0.29) is 5.91 Å². The number of carbonyl (C=O) groups is 1. The van der Waals surface area contributed by atoms with Gasteiger partial charge >= 0.3 is 0 Å². The van der Waals surface area contributed by atoms with Crippen molar-refractivity contribution in [2.75, 3.05) is 19.6 Å². The fraction of sp³-hybridized carbons (Fsp3) is 0.429. The largest absolute Gasteiger partial charge is 0.336 e. The Bertz CT molecular complexity index is 1110. The zero-order chi connectivity index (χ0) is 24.1. The van der Waals surface area contributed by atoms with Crippen LogP contribution in [0.25, 0.3) is 5.69 Å². The van der Waals surface area contributed by atoms with Gasteiger partial charge < -0.3 is 4.90 Å². The molecule has 2 aromatic carbocycles. The molecular formula is C28H35ClN4O. The van der Waals surface area contributed by atoms with Gasteiger partial charge in [0.1, 0.15) is 0 Å². The van der Waals surface area contributed by atoms with Crippen molar-refractivity contribution in [3.8, 4) is 5.69 Å². The minimum atomic E-state index is 0.146. The number of halogens is 1. The Morgan fingerprint density at radius 3 is 2.65 bits per heavy atom. The zero-order valence-corrected chi connectivity index (χ0v) is 21.3. The summed E-state index contributed by atoms with van der Waals surface area (Å²) in [6.45, 7) is 10.7. The highest BCUT2D eigenvalue weighted by Crippen LogP contribution is 2.28. The molecule has 0 atom stereocenters. The number of carbonyl (C=O) groups excluding carboxylic acids is 1. The van der Waals surface area contributed by atoms with Gasteiger partial charge in [0.2, 0.25) is 5.91 Å². The molecule has 0 aliphatic carbocycles. The third kappa shape index (κ3) is 5.89. The first-order valence-electron chi connectivity index (χ1n) is 12.3. The SMILES string of the molecule is CCCN1CCc2c(c(CN(CC(C)C)C(=O)Cc3ccccc3)nn2-c2cccc(Cl)c2)C1. The molecule has 2 heterocycles. The minimum absolute atomic E-state index is 0.146. The fourth-order valence-electron chi connectivity index (χ4n) is 4.76. The van der Waals surface area contributed by atoms with Crippen molar-refractivity contribution >= 4 is 17.5 Å². The molecule has 6 heteroatoms. The van der Waals surface area contributed by atoms with E-state index in [2.05, 4.69) is 30.4 Å². The van der Waals surface area contributed by atoms with Gasteiger partial charge in [0, 0.05) is 36.6 Å². The standard InChI is InChI=1S/C28H35ClN4O/c1-4-14-31-15-13-27-25(19-31)26(30-33(27)24-12-8-11-23(29)17-24)20-32(18-21(2)3)28(34)16-22-9-6-5-7-10-22/h5-12,17,21H,4,13-16,18-20H2,1-3H3. The van der Waals surface area contributed by atoms with Crippen LogP contribution in [-0.2, 0) is 30.7 Å². The maximum Gasteiger partial charge on any atom is 0.227 e. The average Bonchev–Trinajstić information content (AvgIpc) is 3.17. The first-order valence-corrected chi connectivity index (χ1v) is 12.7. The number of hydrogen-bond acceptors (Lipinski definition) is 3. The molecule has 3 aromatic rings. The molecule has 34 heavy (non-hydrogen) atoms. The van der Waals surface area contributed by atoms with Crippen LogP contribution in [0.4, 0.5) is 0 Å². The van der Waals surface area contributed by atoms with E-state index in [4.69, 9.17) is 16.7 Å². The smallest absolute Gasteiger partial charge is 0.227 e. The van der Waals surface area contributed by atoms with Crippen LogP contribution in [0.1, 0.15) is 49.7 Å². The summed E-state index contributed by atoms with van der Waals surface area (Å²) in [6, 6.07) is 17.9. The lowest BCUT2D eigenvalue weighted by atomic mass is 10.0. The lowest BCUT2D eigenvalue weighted by molar-refractivity contribution is -0.131. The van der Waals surface area contributed by atoms with Gasteiger partial charge in [-0.1, -0.05) is 68.8 Å². The van der Waals surface area contributed by atoms with Gasteiger partial charge in [-0.05, 0) is 42.6 Å². The van der Waals surface area contributed by atoms with Gasteiger partial charge in [-0.2, -0.15) is 5.10 Å². The fourth-order valence-corrected chi connectivity index (χ4v) is 4.94. The Morgan fingerprint density at radius 2 is 1.94 bits per heavy atom. The van der Waals surface area contributed by atoms with Gasteiger partial charge in [0.15, 0.2) is 0 Å². The molecule has 1 amide bonds. The summed E-state index contributed by atoms with van der Waals surface area (Å²) in [7, 11) is 0. The summed E-state index contributed by atoms with van der Waals surface area (Å²) < 4.78 is 2.05. The van der Waals surface area contributed by atoms with Crippen LogP contribution in [0, 0.1) is 5.92 Å². The number of hydrogen-bond donors (Lipinski definition) is 0. The molecule has 1 aliphatic rings. The molecule has 1 aliphatic heterocycles. The van der Waals surface area contributed by atoms with Gasteiger partial charge in [-0.25, -0.2) is 4.68 Å². The quantitative estimate of drug-likeness (QED) is 0.406. The van der Waals surface area contributed by atoms with Crippen molar-refractivity contribution in [3.05, 3.63) is 82.1 Å². The topological polar surface area (TPSA) is 41.4 Å². The normalized spacial score (nSPS) is 13.8. The Labute approximate surface area is 208 Å². The van der Waals surface area contributed by atoms with Crippen molar-refractivity contribution in [2.45, 2.75) is 53.1 Å². The monoisotopic (exact) mass is 478 g/mol. The van der Waals surface area contributed by atoms with Crippen LogP contribution in [0.5, 0.6) is 0 Å². The highest BCUT2D eigenvalue weighted by atomic mass is 35.5. The van der Waals surface area contributed by atoms with Gasteiger partial charge in [0.25, 0.3) is 0 Å². The molecule has 0 unspecified atom stereocenters. The molecule has 1 aromatic heterocycles. The number of amides is 1. The zero-order valence-electron chi connectivity index (χ0n) is 20.5. The minimum Gasteiger partial charge on any atom is -0.336 e. The van der Waals surface area contributed by atoms with E-state index in [1.54, 1.807) is 0 Å². The highest BCUT2D eigenvalue weighted by Gasteiger charge is 2.27. The predicted octanol–water partition coefficient (Wildman–Crippen LogP) is 5.52. The molecule has 0 spiro atoms. The number of nitrogens with zero attached hydrogens (tertiary/aromatic N) is 4. The number of aromatic nitrogens is 2. The number of rotatable bonds is 9.